The third-order valence-corrected chi connectivity index (χ3v) is 6.08. The molecule has 5 nitrogen and oxygen atoms in total. The normalized spacial score (nSPS) is 21.2. The zero-order valence-corrected chi connectivity index (χ0v) is 16.4. The number of likely N-dealkylation sites (tertiary alicyclic amines) is 1. The van der Waals surface area contributed by atoms with Crippen molar-refractivity contribution in [1.29, 1.82) is 0 Å². The lowest BCUT2D eigenvalue weighted by Crippen LogP contribution is -2.36. The summed E-state index contributed by atoms with van der Waals surface area (Å²) in [5.41, 5.74) is 13.3. The third-order valence-electron chi connectivity index (χ3n) is 5.77. The Labute approximate surface area is 161 Å². The molecule has 0 saturated carbocycles. The lowest BCUT2D eigenvalue weighted by atomic mass is 9.87. The van der Waals surface area contributed by atoms with Crippen LogP contribution >= 0.6 is 11.6 Å². The van der Waals surface area contributed by atoms with E-state index in [0.717, 1.165) is 24.8 Å². The summed E-state index contributed by atoms with van der Waals surface area (Å²) in [5, 5.41) is 0.374. The maximum absolute atomic E-state index is 11.8. The van der Waals surface area contributed by atoms with Gasteiger partial charge in [-0.2, -0.15) is 0 Å². The van der Waals surface area contributed by atoms with Gasteiger partial charge in [-0.1, -0.05) is 24.9 Å². The molecule has 3 rings (SSSR count). The Morgan fingerprint density at radius 2 is 2.08 bits per heavy atom. The number of hydrogen-bond donors (Lipinski definition) is 2. The molecule has 1 atom stereocenters. The average molecular weight is 380 g/mol. The van der Waals surface area contributed by atoms with Gasteiger partial charge in [-0.3, -0.25) is 4.79 Å². The molecule has 2 aliphatic rings. The van der Waals surface area contributed by atoms with Gasteiger partial charge in [0.2, 0.25) is 0 Å². The number of unbranched alkanes of at least 4 members (excludes halogenated alkanes) is 1. The topological polar surface area (TPSA) is 81.6 Å². The summed E-state index contributed by atoms with van der Waals surface area (Å²) in [5.74, 6) is 0.713. The van der Waals surface area contributed by atoms with Crippen molar-refractivity contribution in [1.82, 2.24) is 4.90 Å². The molecule has 6 heteroatoms. The van der Waals surface area contributed by atoms with Gasteiger partial charge in [0.05, 0.1) is 22.4 Å². The van der Waals surface area contributed by atoms with Crippen molar-refractivity contribution in [2.75, 3.05) is 25.4 Å². The quantitative estimate of drug-likeness (QED) is 0.739. The number of hydrogen-bond acceptors (Lipinski definition) is 4. The van der Waals surface area contributed by atoms with E-state index < -0.39 is 5.91 Å². The molecule has 2 heterocycles. The van der Waals surface area contributed by atoms with Gasteiger partial charge >= 0.3 is 0 Å². The molecular weight excluding hydrogens is 350 g/mol. The SMILES string of the molecule is CCCCN1CCC(CC2CCc3c(N)c(Cl)cc(C(N)=O)c3O2)CC1. The largest absolute Gasteiger partial charge is 0.489 e. The first kappa shape index (κ1) is 19.3. The number of nitrogen functional groups attached to an aromatic ring is 1. The van der Waals surface area contributed by atoms with E-state index in [-0.39, 0.29) is 6.10 Å². The number of fused-ring (bicyclic) bond motifs is 1. The fraction of sp³-hybridized carbons (Fsp3) is 0.650. The summed E-state index contributed by atoms with van der Waals surface area (Å²) in [6, 6.07) is 1.53. The van der Waals surface area contributed by atoms with Crippen molar-refractivity contribution in [3.8, 4) is 5.75 Å². The van der Waals surface area contributed by atoms with Crippen LogP contribution in [0.1, 0.15) is 61.4 Å². The van der Waals surface area contributed by atoms with E-state index in [2.05, 4.69) is 11.8 Å². The van der Waals surface area contributed by atoms with Crippen molar-refractivity contribution in [2.45, 2.75) is 58.0 Å². The summed E-state index contributed by atoms with van der Waals surface area (Å²) in [7, 11) is 0. The first-order chi connectivity index (χ1) is 12.5. The number of nitrogens with zero attached hydrogens (tertiary/aromatic N) is 1. The fourth-order valence-corrected chi connectivity index (χ4v) is 4.38. The van der Waals surface area contributed by atoms with Gasteiger partial charge in [0.1, 0.15) is 5.75 Å². The van der Waals surface area contributed by atoms with Gasteiger partial charge in [-0.15, -0.1) is 0 Å². The molecule has 1 aromatic carbocycles. The number of carbonyl (C=O) groups is 1. The maximum atomic E-state index is 11.8. The number of rotatable bonds is 6. The molecule has 2 aliphatic heterocycles. The van der Waals surface area contributed by atoms with Crippen molar-refractivity contribution < 1.29 is 9.53 Å². The molecule has 1 unspecified atom stereocenters. The summed E-state index contributed by atoms with van der Waals surface area (Å²) in [6.45, 7) is 5.83. The molecule has 1 fully saturated rings. The van der Waals surface area contributed by atoms with Gasteiger partial charge in [-0.25, -0.2) is 0 Å². The van der Waals surface area contributed by atoms with Crippen LogP contribution in [0.25, 0.3) is 0 Å². The van der Waals surface area contributed by atoms with Crippen LogP contribution in [0.5, 0.6) is 5.75 Å². The Hall–Kier alpha value is -1.46. The number of primary amides is 1. The predicted molar refractivity (Wildman–Crippen MR) is 106 cm³/mol. The van der Waals surface area contributed by atoms with E-state index in [1.807, 2.05) is 0 Å². The Morgan fingerprint density at radius 1 is 1.35 bits per heavy atom. The Kier molecular flexibility index (Phi) is 6.30. The highest BCUT2D eigenvalue weighted by Gasteiger charge is 2.30. The van der Waals surface area contributed by atoms with Crippen LogP contribution in [-0.2, 0) is 6.42 Å². The number of carbonyl (C=O) groups excluding carboxylic acids is 1. The van der Waals surface area contributed by atoms with Crippen LogP contribution in [0, 0.1) is 5.92 Å². The van der Waals surface area contributed by atoms with Crippen LogP contribution in [0.2, 0.25) is 5.02 Å². The van der Waals surface area contributed by atoms with Crippen molar-refractivity contribution in [2.24, 2.45) is 11.7 Å². The number of piperidine rings is 1. The van der Waals surface area contributed by atoms with Crippen LogP contribution < -0.4 is 16.2 Å². The van der Waals surface area contributed by atoms with Gasteiger partial charge in [0.15, 0.2) is 0 Å². The summed E-state index contributed by atoms with van der Waals surface area (Å²) < 4.78 is 6.20. The first-order valence-electron chi connectivity index (χ1n) is 9.79. The van der Waals surface area contributed by atoms with E-state index in [0.29, 0.717) is 27.9 Å². The van der Waals surface area contributed by atoms with Gasteiger partial charge in [-0.05, 0) is 70.1 Å². The van der Waals surface area contributed by atoms with E-state index in [9.17, 15) is 4.79 Å². The number of ether oxygens (including phenoxy) is 1. The molecule has 0 spiro atoms. The molecule has 26 heavy (non-hydrogen) atoms. The fourth-order valence-electron chi connectivity index (χ4n) is 4.16. The van der Waals surface area contributed by atoms with E-state index >= 15 is 0 Å². The summed E-state index contributed by atoms with van der Waals surface area (Å²) >= 11 is 6.14. The lowest BCUT2D eigenvalue weighted by Gasteiger charge is -2.35. The number of halogens is 1. The average Bonchev–Trinajstić information content (AvgIpc) is 2.64. The van der Waals surface area contributed by atoms with E-state index in [4.69, 9.17) is 27.8 Å². The van der Waals surface area contributed by atoms with E-state index in [1.54, 1.807) is 0 Å². The van der Waals surface area contributed by atoms with Crippen molar-refractivity contribution in [3.05, 3.63) is 22.2 Å². The molecule has 144 valence electrons. The maximum Gasteiger partial charge on any atom is 0.252 e. The Balaban J connectivity index is 1.62. The van der Waals surface area contributed by atoms with Crippen LogP contribution in [0.15, 0.2) is 6.07 Å². The van der Waals surface area contributed by atoms with E-state index in [1.165, 1.54) is 51.4 Å². The van der Waals surface area contributed by atoms with Crippen LogP contribution in [0.3, 0.4) is 0 Å². The minimum atomic E-state index is -0.520. The molecule has 4 N–H and O–H groups in total. The number of nitrogens with two attached hydrogens (primary N) is 2. The molecular formula is C20H30ClN3O2. The highest BCUT2D eigenvalue weighted by molar-refractivity contribution is 6.33. The second-order valence-corrected chi connectivity index (χ2v) is 8.05. The Bertz CT molecular complexity index is 657. The monoisotopic (exact) mass is 379 g/mol. The second kappa shape index (κ2) is 8.49. The Morgan fingerprint density at radius 3 is 2.73 bits per heavy atom. The second-order valence-electron chi connectivity index (χ2n) is 7.64. The minimum absolute atomic E-state index is 0.119. The highest BCUT2D eigenvalue weighted by atomic mass is 35.5. The molecule has 1 saturated heterocycles. The predicted octanol–water partition coefficient (Wildman–Crippen LogP) is 3.62. The zero-order valence-electron chi connectivity index (χ0n) is 15.6. The van der Waals surface area contributed by atoms with Crippen molar-refractivity contribution >= 4 is 23.2 Å². The van der Waals surface area contributed by atoms with Gasteiger partial charge in [0.25, 0.3) is 5.91 Å². The summed E-state index contributed by atoms with van der Waals surface area (Å²) in [6.07, 6.45) is 7.82. The molecule has 0 aliphatic carbocycles. The van der Waals surface area contributed by atoms with Crippen LogP contribution in [0.4, 0.5) is 5.69 Å². The molecule has 1 amide bonds. The first-order valence-corrected chi connectivity index (χ1v) is 10.2. The standard InChI is InChI=1S/C20H30ClN3O2/c1-2-3-8-24-9-6-13(7-10-24)11-14-4-5-15-18(22)17(21)12-16(20(23)25)19(15)26-14/h12-14H,2-11,22H2,1H3,(H2,23,25). The van der Waals surface area contributed by atoms with Gasteiger partial charge < -0.3 is 21.1 Å². The smallest absolute Gasteiger partial charge is 0.252 e. The molecule has 1 aromatic rings. The molecule has 0 bridgehead atoms. The number of benzene rings is 1. The number of anilines is 1. The minimum Gasteiger partial charge on any atom is -0.489 e. The zero-order chi connectivity index (χ0) is 18.7. The summed E-state index contributed by atoms with van der Waals surface area (Å²) in [4.78, 5) is 14.4. The van der Waals surface area contributed by atoms with Crippen LogP contribution in [-0.4, -0.2) is 36.5 Å². The molecule has 0 aromatic heterocycles. The van der Waals surface area contributed by atoms with Crippen molar-refractivity contribution in [3.63, 3.8) is 0 Å². The third kappa shape index (κ3) is 4.26. The number of amides is 1. The molecule has 0 radical (unpaired) electrons. The lowest BCUT2D eigenvalue weighted by molar-refractivity contribution is 0.0961. The highest BCUT2D eigenvalue weighted by Crippen LogP contribution is 2.40. The van der Waals surface area contributed by atoms with Gasteiger partial charge in [0, 0.05) is 5.56 Å².